The Kier molecular flexibility index (Phi) is 38.3. The summed E-state index contributed by atoms with van der Waals surface area (Å²) in [4.78, 5) is 0. The molecule has 0 heterocycles. The van der Waals surface area contributed by atoms with Crippen molar-refractivity contribution in [2.45, 2.75) is 100 Å². The normalized spacial score (nSPS) is 10.6. The lowest BCUT2D eigenvalue weighted by Crippen LogP contribution is -2.28. The summed E-state index contributed by atoms with van der Waals surface area (Å²) in [5.74, 6) is 0. The van der Waals surface area contributed by atoms with E-state index in [1.54, 1.807) is 0 Å². The van der Waals surface area contributed by atoms with Crippen molar-refractivity contribution in [3.8, 4) is 0 Å². The highest BCUT2D eigenvalue weighted by Gasteiger charge is 2.14. The Bertz CT molecular complexity index is 201. The minimum Gasteiger partial charge on any atom is -0.376 e. The van der Waals surface area contributed by atoms with Gasteiger partial charge in [0, 0.05) is 39.6 Å². The lowest BCUT2D eigenvalue weighted by atomic mass is 10.5. The van der Waals surface area contributed by atoms with Crippen molar-refractivity contribution >= 4 is 19.1 Å². The van der Waals surface area contributed by atoms with Crippen molar-refractivity contribution in [2.75, 3.05) is 39.6 Å². The molecule has 0 saturated heterocycles. The molecule has 0 amide bonds. The molecule has 6 nitrogen and oxygen atoms in total. The standard InChI is InChI=1S/2C9H22O3Si.C3H8/c2*1-4-7-10-13(11-8-5-2)12-9-6-3;1-3-2/h2*13H,4-9H2,1-3H3;3H2,1-2H3. The Morgan fingerprint density at radius 1 is 0.345 bits per heavy atom. The van der Waals surface area contributed by atoms with Gasteiger partial charge in [0.25, 0.3) is 0 Å². The summed E-state index contributed by atoms with van der Waals surface area (Å²) in [7, 11) is -3.57. The van der Waals surface area contributed by atoms with Crippen LogP contribution in [0.2, 0.25) is 0 Å². The first-order chi connectivity index (χ1) is 14.1. The Labute approximate surface area is 185 Å². The maximum Gasteiger partial charge on any atom is 0.484 e. The molecule has 0 aliphatic heterocycles. The maximum absolute atomic E-state index is 5.49. The number of hydrogen-bond donors (Lipinski definition) is 0. The van der Waals surface area contributed by atoms with Gasteiger partial charge in [-0.25, -0.2) is 0 Å². The van der Waals surface area contributed by atoms with Gasteiger partial charge in [0.05, 0.1) is 0 Å². The van der Waals surface area contributed by atoms with Crippen molar-refractivity contribution in [3.63, 3.8) is 0 Å². The molecule has 0 spiro atoms. The molecule has 0 fully saturated rings. The smallest absolute Gasteiger partial charge is 0.376 e. The predicted octanol–water partition coefficient (Wildman–Crippen LogP) is 5.38. The van der Waals surface area contributed by atoms with Crippen LogP contribution in [0.15, 0.2) is 0 Å². The fourth-order valence-electron chi connectivity index (χ4n) is 1.57. The molecule has 0 saturated carbocycles. The van der Waals surface area contributed by atoms with Crippen LogP contribution in [0.25, 0.3) is 0 Å². The molecule has 0 aromatic heterocycles. The van der Waals surface area contributed by atoms with Gasteiger partial charge < -0.3 is 26.6 Å². The van der Waals surface area contributed by atoms with E-state index in [0.29, 0.717) is 0 Å². The zero-order valence-electron chi connectivity index (χ0n) is 20.8. The van der Waals surface area contributed by atoms with Crippen molar-refractivity contribution in [1.82, 2.24) is 0 Å². The van der Waals surface area contributed by atoms with Gasteiger partial charge in [-0.2, -0.15) is 0 Å². The van der Waals surface area contributed by atoms with Crippen molar-refractivity contribution in [2.24, 2.45) is 0 Å². The first kappa shape index (κ1) is 33.8. The van der Waals surface area contributed by atoms with Crippen molar-refractivity contribution < 1.29 is 26.6 Å². The zero-order chi connectivity index (χ0) is 22.6. The second-order valence-corrected chi connectivity index (χ2v) is 9.66. The topological polar surface area (TPSA) is 55.4 Å². The molecule has 0 aliphatic rings. The summed E-state index contributed by atoms with van der Waals surface area (Å²) >= 11 is 0. The third-order valence-corrected chi connectivity index (χ3v) is 5.80. The van der Waals surface area contributed by atoms with Crippen LogP contribution in [0.4, 0.5) is 0 Å². The Morgan fingerprint density at radius 2 is 0.483 bits per heavy atom. The summed E-state index contributed by atoms with van der Waals surface area (Å²) in [5, 5.41) is 0. The molecule has 180 valence electrons. The minimum absolute atomic E-state index is 0.754. The van der Waals surface area contributed by atoms with Crippen LogP contribution in [-0.4, -0.2) is 58.7 Å². The molecule has 0 unspecified atom stereocenters. The highest BCUT2D eigenvalue weighted by Crippen LogP contribution is 1.97. The average Bonchev–Trinajstić information content (AvgIpc) is 2.73. The van der Waals surface area contributed by atoms with E-state index >= 15 is 0 Å². The molecule has 0 aromatic rings. The van der Waals surface area contributed by atoms with Crippen LogP contribution in [-0.2, 0) is 26.6 Å². The molecular weight excluding hydrogens is 404 g/mol. The summed E-state index contributed by atoms with van der Waals surface area (Å²) in [5.41, 5.74) is 0. The molecule has 0 radical (unpaired) electrons. The summed E-state index contributed by atoms with van der Waals surface area (Å²) in [6.45, 7) is 21.3. The highest BCUT2D eigenvalue weighted by molar-refractivity contribution is 6.36. The fraction of sp³-hybridized carbons (Fsp3) is 1.00. The van der Waals surface area contributed by atoms with Gasteiger partial charge in [-0.05, 0) is 38.5 Å². The quantitative estimate of drug-likeness (QED) is 0.258. The predicted molar refractivity (Wildman–Crippen MR) is 128 cm³/mol. The van der Waals surface area contributed by atoms with Crippen molar-refractivity contribution in [3.05, 3.63) is 0 Å². The largest absolute Gasteiger partial charge is 0.484 e. The monoisotopic (exact) mass is 456 g/mol. The first-order valence-corrected chi connectivity index (χ1v) is 14.6. The highest BCUT2D eigenvalue weighted by atomic mass is 28.3. The first-order valence-electron chi connectivity index (χ1n) is 11.8. The van der Waals surface area contributed by atoms with Gasteiger partial charge in [-0.15, -0.1) is 0 Å². The molecule has 8 heteroatoms. The van der Waals surface area contributed by atoms with Gasteiger partial charge in [-0.1, -0.05) is 61.8 Å². The van der Waals surface area contributed by atoms with Crippen molar-refractivity contribution in [1.29, 1.82) is 0 Å². The Hall–Kier alpha value is 0.194. The van der Waals surface area contributed by atoms with Crippen LogP contribution >= 0.6 is 0 Å². The van der Waals surface area contributed by atoms with Crippen LogP contribution in [0.5, 0.6) is 0 Å². The third kappa shape index (κ3) is 33.0. The second-order valence-electron chi connectivity index (χ2n) is 6.51. The van der Waals surface area contributed by atoms with Gasteiger partial charge in [0.1, 0.15) is 0 Å². The zero-order valence-corrected chi connectivity index (χ0v) is 23.1. The average molecular weight is 457 g/mol. The van der Waals surface area contributed by atoms with Crippen LogP contribution in [0.3, 0.4) is 0 Å². The van der Waals surface area contributed by atoms with Crippen LogP contribution < -0.4 is 0 Å². The summed E-state index contributed by atoms with van der Waals surface area (Å²) in [6.07, 6.45) is 7.38. The Balaban J connectivity index is -0.000000410. The van der Waals surface area contributed by atoms with E-state index in [2.05, 4.69) is 55.4 Å². The van der Waals surface area contributed by atoms with E-state index in [9.17, 15) is 0 Å². The van der Waals surface area contributed by atoms with E-state index in [1.807, 2.05) is 0 Å². The van der Waals surface area contributed by atoms with E-state index in [1.165, 1.54) is 6.42 Å². The second kappa shape index (κ2) is 32.8. The van der Waals surface area contributed by atoms with E-state index in [0.717, 1.165) is 78.2 Å². The SMILES string of the molecule is CCC.CCCO[SiH](OCCC)OCCC.CCCO[SiH](OCCC)OCCC. The van der Waals surface area contributed by atoms with Crippen LogP contribution in [0, 0.1) is 0 Å². The number of rotatable bonds is 18. The Morgan fingerprint density at radius 3 is 0.586 bits per heavy atom. The lowest BCUT2D eigenvalue weighted by molar-refractivity contribution is 0.0928. The summed E-state index contributed by atoms with van der Waals surface area (Å²) < 4.78 is 32.9. The van der Waals surface area contributed by atoms with E-state index in [-0.39, 0.29) is 0 Å². The molecule has 29 heavy (non-hydrogen) atoms. The van der Waals surface area contributed by atoms with E-state index in [4.69, 9.17) is 26.6 Å². The van der Waals surface area contributed by atoms with Crippen LogP contribution in [0.1, 0.15) is 100 Å². The fourth-order valence-corrected chi connectivity index (χ4v) is 4.72. The minimum atomic E-state index is -1.79. The molecule has 0 aromatic carbocycles. The van der Waals surface area contributed by atoms with Gasteiger partial charge >= 0.3 is 19.1 Å². The maximum atomic E-state index is 5.49. The van der Waals surface area contributed by atoms with Gasteiger partial charge in [0.2, 0.25) is 0 Å². The molecule has 0 atom stereocenters. The number of hydrogen-bond acceptors (Lipinski definition) is 6. The molecule has 0 bridgehead atoms. The molecule has 0 aliphatic carbocycles. The summed E-state index contributed by atoms with van der Waals surface area (Å²) in [6, 6.07) is 0. The molecule has 0 rings (SSSR count). The third-order valence-electron chi connectivity index (χ3n) is 2.75. The lowest BCUT2D eigenvalue weighted by Gasteiger charge is -2.15. The van der Waals surface area contributed by atoms with Gasteiger partial charge in [-0.3, -0.25) is 0 Å². The van der Waals surface area contributed by atoms with Gasteiger partial charge in [0.15, 0.2) is 0 Å². The molecule has 0 N–H and O–H groups in total. The van der Waals surface area contributed by atoms with E-state index < -0.39 is 19.1 Å². The molecular formula is C21H52O6Si2.